The van der Waals surface area contributed by atoms with E-state index in [1.807, 2.05) is 12.1 Å². The number of hydrogen-bond acceptors (Lipinski definition) is 5. The van der Waals surface area contributed by atoms with Crippen LogP contribution in [0.4, 0.5) is 5.82 Å². The van der Waals surface area contributed by atoms with Gasteiger partial charge in [-0.25, -0.2) is 4.98 Å². The summed E-state index contributed by atoms with van der Waals surface area (Å²) < 4.78 is 0. The Morgan fingerprint density at radius 1 is 1.36 bits per heavy atom. The first-order valence-electron chi connectivity index (χ1n) is 6.76. The second-order valence-electron chi connectivity index (χ2n) is 4.82. The predicted octanol–water partition coefficient (Wildman–Crippen LogP) is 1.92. The SMILES string of the molecule is C=CCSc1nc2c(c(=O)[nH]1)C(c1ccncc1)CC(=O)N2. The summed E-state index contributed by atoms with van der Waals surface area (Å²) >= 11 is 1.36. The molecule has 2 N–H and O–H groups in total. The highest BCUT2D eigenvalue weighted by atomic mass is 32.2. The van der Waals surface area contributed by atoms with Gasteiger partial charge in [-0.2, -0.15) is 0 Å². The van der Waals surface area contributed by atoms with Crippen LogP contribution in [0.25, 0.3) is 0 Å². The van der Waals surface area contributed by atoms with Crippen LogP contribution in [0, 0.1) is 0 Å². The lowest BCUT2D eigenvalue weighted by atomic mass is 9.87. The van der Waals surface area contributed by atoms with Gasteiger partial charge in [-0.15, -0.1) is 6.58 Å². The number of amides is 1. The zero-order valence-corrected chi connectivity index (χ0v) is 12.5. The molecule has 3 rings (SSSR count). The van der Waals surface area contributed by atoms with Crippen molar-refractivity contribution in [3.63, 3.8) is 0 Å². The average Bonchev–Trinajstić information content (AvgIpc) is 2.52. The number of carbonyl (C=O) groups is 1. The molecule has 0 fully saturated rings. The summed E-state index contributed by atoms with van der Waals surface area (Å²) in [5, 5.41) is 3.16. The van der Waals surface area contributed by atoms with Crippen LogP contribution in [0.1, 0.15) is 23.5 Å². The number of aromatic nitrogens is 3. The van der Waals surface area contributed by atoms with E-state index in [0.717, 1.165) is 5.56 Å². The molecule has 1 amide bonds. The first-order chi connectivity index (χ1) is 10.7. The number of pyridine rings is 1. The number of anilines is 1. The van der Waals surface area contributed by atoms with Gasteiger partial charge in [-0.05, 0) is 17.7 Å². The fraction of sp³-hybridized carbons (Fsp3) is 0.200. The Morgan fingerprint density at radius 3 is 2.86 bits per heavy atom. The number of thioether (sulfide) groups is 1. The quantitative estimate of drug-likeness (QED) is 0.511. The Kier molecular flexibility index (Phi) is 4.06. The van der Waals surface area contributed by atoms with E-state index in [9.17, 15) is 9.59 Å². The van der Waals surface area contributed by atoms with Gasteiger partial charge in [0.05, 0.1) is 5.56 Å². The van der Waals surface area contributed by atoms with Crippen LogP contribution in [0.2, 0.25) is 0 Å². The molecule has 0 saturated heterocycles. The highest BCUT2D eigenvalue weighted by molar-refractivity contribution is 7.99. The minimum atomic E-state index is -0.304. The van der Waals surface area contributed by atoms with Crippen molar-refractivity contribution in [2.45, 2.75) is 17.5 Å². The molecule has 3 heterocycles. The number of rotatable bonds is 4. The Bertz CT molecular complexity index is 773. The van der Waals surface area contributed by atoms with Crippen molar-refractivity contribution >= 4 is 23.5 Å². The highest BCUT2D eigenvalue weighted by Crippen LogP contribution is 2.33. The summed E-state index contributed by atoms with van der Waals surface area (Å²) in [6, 6.07) is 3.62. The van der Waals surface area contributed by atoms with Crippen LogP contribution in [0.3, 0.4) is 0 Å². The van der Waals surface area contributed by atoms with Crippen LogP contribution >= 0.6 is 11.8 Å². The molecule has 0 spiro atoms. The molecule has 1 unspecified atom stereocenters. The summed E-state index contributed by atoms with van der Waals surface area (Å²) in [7, 11) is 0. The molecule has 1 aliphatic heterocycles. The van der Waals surface area contributed by atoms with Gasteiger partial charge in [0.15, 0.2) is 5.16 Å². The molecule has 112 valence electrons. The third kappa shape index (κ3) is 2.80. The second kappa shape index (κ2) is 6.15. The van der Waals surface area contributed by atoms with Gasteiger partial charge in [0.1, 0.15) is 5.82 Å². The van der Waals surface area contributed by atoms with E-state index in [1.54, 1.807) is 18.5 Å². The van der Waals surface area contributed by atoms with Crippen LogP contribution in [-0.4, -0.2) is 26.6 Å². The molecule has 2 aromatic heterocycles. The van der Waals surface area contributed by atoms with Gasteiger partial charge in [0.2, 0.25) is 5.91 Å². The summed E-state index contributed by atoms with van der Waals surface area (Å²) in [5.74, 6) is 0.519. The van der Waals surface area contributed by atoms with E-state index in [-0.39, 0.29) is 23.8 Å². The lowest BCUT2D eigenvalue weighted by Crippen LogP contribution is -2.31. The van der Waals surface area contributed by atoms with Crippen molar-refractivity contribution in [2.75, 3.05) is 11.1 Å². The molecule has 22 heavy (non-hydrogen) atoms. The first kappa shape index (κ1) is 14.5. The minimum absolute atomic E-state index is 0.146. The van der Waals surface area contributed by atoms with E-state index in [2.05, 4.69) is 26.8 Å². The lowest BCUT2D eigenvalue weighted by molar-refractivity contribution is -0.116. The maximum Gasteiger partial charge on any atom is 0.257 e. The van der Waals surface area contributed by atoms with Crippen molar-refractivity contribution < 1.29 is 4.79 Å². The molecule has 0 aromatic carbocycles. The minimum Gasteiger partial charge on any atom is -0.310 e. The largest absolute Gasteiger partial charge is 0.310 e. The summed E-state index contributed by atoms with van der Waals surface area (Å²) in [6.07, 6.45) is 5.25. The predicted molar refractivity (Wildman–Crippen MR) is 85.1 cm³/mol. The van der Waals surface area contributed by atoms with Gasteiger partial charge < -0.3 is 10.3 Å². The van der Waals surface area contributed by atoms with Gasteiger partial charge in [-0.3, -0.25) is 14.6 Å². The standard InChI is InChI=1S/C15H14N4O2S/c1-2-7-22-15-18-13-12(14(21)19-15)10(8-11(20)17-13)9-3-5-16-6-4-9/h2-6,10H,1,7-8H2,(H2,17,18,19,20,21). The first-order valence-corrected chi connectivity index (χ1v) is 7.75. The van der Waals surface area contributed by atoms with E-state index >= 15 is 0 Å². The molecule has 0 radical (unpaired) electrons. The Morgan fingerprint density at radius 2 is 2.14 bits per heavy atom. The fourth-order valence-electron chi connectivity index (χ4n) is 2.44. The van der Waals surface area contributed by atoms with Crippen molar-refractivity contribution in [1.29, 1.82) is 0 Å². The normalized spacial score (nSPS) is 16.7. The number of nitrogens with one attached hydrogen (secondary N) is 2. The van der Waals surface area contributed by atoms with Gasteiger partial charge in [0.25, 0.3) is 5.56 Å². The summed E-state index contributed by atoms with van der Waals surface area (Å²) in [6.45, 7) is 3.63. The maximum atomic E-state index is 12.4. The maximum absolute atomic E-state index is 12.4. The van der Waals surface area contributed by atoms with Gasteiger partial charge >= 0.3 is 0 Å². The van der Waals surface area contributed by atoms with Gasteiger partial charge in [0, 0.05) is 30.5 Å². The lowest BCUT2D eigenvalue weighted by Gasteiger charge is -2.24. The topological polar surface area (TPSA) is 87.7 Å². The van der Waals surface area contributed by atoms with Crippen LogP contribution in [0.5, 0.6) is 0 Å². The Labute approximate surface area is 131 Å². The zero-order valence-electron chi connectivity index (χ0n) is 11.7. The Balaban J connectivity index is 2.07. The molecule has 0 aliphatic carbocycles. The van der Waals surface area contributed by atoms with E-state index in [4.69, 9.17) is 0 Å². The van der Waals surface area contributed by atoms with Crippen LogP contribution in [-0.2, 0) is 4.79 Å². The number of H-pyrrole nitrogens is 1. The van der Waals surface area contributed by atoms with Crippen LogP contribution < -0.4 is 10.9 Å². The molecule has 0 bridgehead atoms. The molecule has 6 nitrogen and oxygen atoms in total. The molecule has 1 aliphatic rings. The molecular formula is C15H14N4O2S. The average molecular weight is 314 g/mol. The number of carbonyl (C=O) groups excluding carboxylic acids is 1. The summed E-state index contributed by atoms with van der Waals surface area (Å²) in [5.41, 5.74) is 1.15. The highest BCUT2D eigenvalue weighted by Gasteiger charge is 2.30. The molecular weight excluding hydrogens is 300 g/mol. The number of aromatic amines is 1. The fourth-order valence-corrected chi connectivity index (χ4v) is 3.03. The molecule has 2 aromatic rings. The van der Waals surface area contributed by atoms with Crippen molar-refractivity contribution in [3.8, 4) is 0 Å². The number of fused-ring (bicyclic) bond motifs is 1. The zero-order chi connectivity index (χ0) is 15.5. The number of hydrogen-bond donors (Lipinski definition) is 2. The van der Waals surface area contributed by atoms with Crippen molar-refractivity contribution in [2.24, 2.45) is 0 Å². The van der Waals surface area contributed by atoms with E-state index < -0.39 is 0 Å². The van der Waals surface area contributed by atoms with E-state index in [0.29, 0.717) is 22.3 Å². The Hall–Kier alpha value is -2.41. The van der Waals surface area contributed by atoms with Crippen molar-refractivity contribution in [3.05, 3.63) is 58.7 Å². The third-order valence-electron chi connectivity index (χ3n) is 3.38. The van der Waals surface area contributed by atoms with Crippen molar-refractivity contribution in [1.82, 2.24) is 15.0 Å². The third-order valence-corrected chi connectivity index (χ3v) is 4.24. The van der Waals surface area contributed by atoms with Crippen LogP contribution in [0.15, 0.2) is 47.1 Å². The second-order valence-corrected chi connectivity index (χ2v) is 5.83. The number of nitrogens with zero attached hydrogens (tertiary/aromatic N) is 2. The smallest absolute Gasteiger partial charge is 0.257 e. The van der Waals surface area contributed by atoms with Gasteiger partial charge in [-0.1, -0.05) is 17.8 Å². The molecule has 7 heteroatoms. The monoisotopic (exact) mass is 314 g/mol. The molecule has 1 atom stereocenters. The van der Waals surface area contributed by atoms with E-state index in [1.165, 1.54) is 11.8 Å². The molecule has 0 saturated carbocycles. The summed E-state index contributed by atoms with van der Waals surface area (Å²) in [4.78, 5) is 35.5.